The Morgan fingerprint density at radius 2 is 1.89 bits per heavy atom. The maximum atomic E-state index is 12.1. The van der Waals surface area contributed by atoms with Crippen LogP contribution in [0.25, 0.3) is 11.4 Å². The Morgan fingerprint density at radius 1 is 1.07 bits per heavy atom. The van der Waals surface area contributed by atoms with Crippen LogP contribution in [-0.4, -0.2) is 37.7 Å². The molecule has 3 heterocycles. The first kappa shape index (κ1) is 17.7. The van der Waals surface area contributed by atoms with Crippen molar-refractivity contribution < 1.29 is 0 Å². The number of H-pyrrole nitrogens is 1. The van der Waals surface area contributed by atoms with Gasteiger partial charge in [0.05, 0.1) is 5.69 Å². The summed E-state index contributed by atoms with van der Waals surface area (Å²) in [7, 11) is 0. The molecule has 1 aliphatic rings. The van der Waals surface area contributed by atoms with Crippen LogP contribution in [0.5, 0.6) is 0 Å². The van der Waals surface area contributed by atoms with Gasteiger partial charge < -0.3 is 4.98 Å². The highest BCUT2D eigenvalue weighted by Crippen LogP contribution is 2.18. The molecule has 0 saturated carbocycles. The second-order valence-electron chi connectivity index (χ2n) is 7.14. The SMILES string of the molecule is O=c1cc(CCn2cccn2)nc(-c2ccc(CN3CCCCC3)cc2)[nH]1. The van der Waals surface area contributed by atoms with Gasteiger partial charge in [0.15, 0.2) is 0 Å². The first-order chi connectivity index (χ1) is 13.3. The number of rotatable bonds is 6. The molecule has 4 rings (SSSR count). The van der Waals surface area contributed by atoms with Crippen LogP contribution in [0.2, 0.25) is 0 Å². The summed E-state index contributed by atoms with van der Waals surface area (Å²) < 4.78 is 1.85. The lowest BCUT2D eigenvalue weighted by atomic mass is 10.1. The maximum absolute atomic E-state index is 12.1. The standard InChI is InChI=1S/C21H25N5O/c27-20-15-19(9-14-26-13-4-10-22-26)23-21(24-20)18-7-5-17(6-8-18)16-25-11-2-1-3-12-25/h4-8,10,13,15H,1-3,9,11-12,14,16H2,(H,23,24,27). The van der Waals surface area contributed by atoms with Gasteiger partial charge >= 0.3 is 0 Å². The van der Waals surface area contributed by atoms with Crippen LogP contribution in [0.4, 0.5) is 0 Å². The molecule has 0 bridgehead atoms. The average molecular weight is 363 g/mol. The van der Waals surface area contributed by atoms with E-state index >= 15 is 0 Å². The van der Waals surface area contributed by atoms with E-state index in [2.05, 4.69) is 44.2 Å². The van der Waals surface area contributed by atoms with Crippen molar-refractivity contribution >= 4 is 0 Å². The molecule has 6 heteroatoms. The molecule has 0 amide bonds. The van der Waals surface area contributed by atoms with Gasteiger partial charge in [0.1, 0.15) is 5.82 Å². The Kier molecular flexibility index (Phi) is 5.44. The minimum Gasteiger partial charge on any atom is -0.307 e. The van der Waals surface area contributed by atoms with Crippen molar-refractivity contribution in [3.8, 4) is 11.4 Å². The van der Waals surface area contributed by atoms with Gasteiger partial charge in [-0.15, -0.1) is 0 Å². The number of aromatic amines is 1. The largest absolute Gasteiger partial charge is 0.307 e. The monoisotopic (exact) mass is 363 g/mol. The summed E-state index contributed by atoms with van der Waals surface area (Å²) >= 11 is 0. The van der Waals surface area contributed by atoms with Crippen LogP contribution >= 0.6 is 0 Å². The molecular weight excluding hydrogens is 338 g/mol. The van der Waals surface area contributed by atoms with Gasteiger partial charge in [0.2, 0.25) is 0 Å². The average Bonchev–Trinajstić information content (AvgIpc) is 3.21. The third kappa shape index (κ3) is 4.71. The maximum Gasteiger partial charge on any atom is 0.251 e. The number of likely N-dealkylation sites (tertiary alicyclic amines) is 1. The summed E-state index contributed by atoms with van der Waals surface area (Å²) in [5.41, 5.74) is 2.91. The fourth-order valence-corrected chi connectivity index (χ4v) is 3.58. The number of nitrogens with one attached hydrogen (secondary N) is 1. The highest BCUT2D eigenvalue weighted by atomic mass is 16.1. The van der Waals surface area contributed by atoms with Crippen molar-refractivity contribution in [2.75, 3.05) is 13.1 Å². The third-order valence-electron chi connectivity index (χ3n) is 5.03. The van der Waals surface area contributed by atoms with E-state index < -0.39 is 0 Å². The number of aromatic nitrogens is 4. The number of benzene rings is 1. The Bertz CT molecular complexity index is 908. The summed E-state index contributed by atoms with van der Waals surface area (Å²) in [5.74, 6) is 0.627. The fourth-order valence-electron chi connectivity index (χ4n) is 3.58. The zero-order valence-corrected chi connectivity index (χ0v) is 15.5. The molecular formula is C21H25N5O. The van der Waals surface area contributed by atoms with Crippen molar-refractivity contribution in [3.63, 3.8) is 0 Å². The molecule has 0 unspecified atom stereocenters. The summed E-state index contributed by atoms with van der Waals surface area (Å²) in [6.45, 7) is 4.08. The Morgan fingerprint density at radius 3 is 2.63 bits per heavy atom. The van der Waals surface area contributed by atoms with Gasteiger partial charge in [-0.1, -0.05) is 30.7 Å². The minimum absolute atomic E-state index is 0.118. The lowest BCUT2D eigenvalue weighted by Gasteiger charge is -2.26. The molecule has 27 heavy (non-hydrogen) atoms. The molecule has 140 valence electrons. The predicted octanol–water partition coefficient (Wildman–Crippen LogP) is 2.86. The highest BCUT2D eigenvalue weighted by molar-refractivity contribution is 5.55. The summed E-state index contributed by atoms with van der Waals surface area (Å²) in [6, 6.07) is 11.8. The summed E-state index contributed by atoms with van der Waals surface area (Å²) in [4.78, 5) is 22.1. The first-order valence-electron chi connectivity index (χ1n) is 9.66. The van der Waals surface area contributed by atoms with Gasteiger partial charge in [-0.3, -0.25) is 14.4 Å². The van der Waals surface area contributed by atoms with E-state index in [9.17, 15) is 4.79 Å². The second kappa shape index (κ2) is 8.31. The van der Waals surface area contributed by atoms with Crippen LogP contribution < -0.4 is 5.56 Å². The van der Waals surface area contributed by atoms with Gasteiger partial charge in [0.25, 0.3) is 5.56 Å². The van der Waals surface area contributed by atoms with Crippen LogP contribution in [0, 0.1) is 0 Å². The van der Waals surface area contributed by atoms with Crippen LogP contribution in [0.3, 0.4) is 0 Å². The quantitative estimate of drug-likeness (QED) is 0.731. The van der Waals surface area contributed by atoms with Gasteiger partial charge in [-0.05, 0) is 37.6 Å². The van der Waals surface area contributed by atoms with Gasteiger partial charge in [0, 0.05) is 43.5 Å². The molecule has 1 aliphatic heterocycles. The lowest BCUT2D eigenvalue weighted by molar-refractivity contribution is 0.221. The Labute approximate surface area is 158 Å². The Hall–Kier alpha value is -2.73. The predicted molar refractivity (Wildman–Crippen MR) is 105 cm³/mol. The van der Waals surface area contributed by atoms with E-state index in [1.54, 1.807) is 12.3 Å². The van der Waals surface area contributed by atoms with Crippen LogP contribution in [0.1, 0.15) is 30.5 Å². The smallest absolute Gasteiger partial charge is 0.251 e. The van der Waals surface area contributed by atoms with Crippen molar-refractivity contribution in [2.24, 2.45) is 0 Å². The zero-order chi connectivity index (χ0) is 18.5. The van der Waals surface area contributed by atoms with Gasteiger partial charge in [-0.2, -0.15) is 5.10 Å². The number of hydrogen-bond acceptors (Lipinski definition) is 4. The molecule has 1 aromatic carbocycles. The van der Waals surface area contributed by atoms with E-state index in [0.717, 1.165) is 17.8 Å². The van der Waals surface area contributed by atoms with Crippen LogP contribution in [0.15, 0.2) is 53.6 Å². The summed E-state index contributed by atoms with van der Waals surface area (Å²) in [5, 5.41) is 4.19. The van der Waals surface area contributed by atoms with Crippen molar-refractivity contribution in [2.45, 2.75) is 38.8 Å². The van der Waals surface area contributed by atoms with Crippen LogP contribution in [-0.2, 0) is 19.5 Å². The Balaban J connectivity index is 1.46. The molecule has 1 fully saturated rings. The minimum atomic E-state index is -0.118. The molecule has 0 spiro atoms. The number of piperidine rings is 1. The molecule has 3 aromatic rings. The second-order valence-corrected chi connectivity index (χ2v) is 7.14. The molecule has 0 radical (unpaired) electrons. The van der Waals surface area contributed by atoms with E-state index in [1.807, 2.05) is 16.9 Å². The highest BCUT2D eigenvalue weighted by Gasteiger charge is 2.11. The number of hydrogen-bond donors (Lipinski definition) is 1. The van der Waals surface area contributed by atoms with Crippen molar-refractivity contribution in [1.82, 2.24) is 24.6 Å². The molecule has 2 aromatic heterocycles. The molecule has 1 N–H and O–H groups in total. The zero-order valence-electron chi connectivity index (χ0n) is 15.5. The van der Waals surface area contributed by atoms with Gasteiger partial charge in [-0.25, -0.2) is 4.98 Å². The van der Waals surface area contributed by atoms with Crippen molar-refractivity contribution in [3.05, 3.63) is 70.4 Å². The van der Waals surface area contributed by atoms with E-state index in [0.29, 0.717) is 18.8 Å². The topological polar surface area (TPSA) is 66.8 Å². The molecule has 1 saturated heterocycles. The molecule has 0 aliphatic carbocycles. The van der Waals surface area contributed by atoms with E-state index in [1.165, 1.54) is 37.9 Å². The van der Waals surface area contributed by atoms with E-state index in [-0.39, 0.29) is 5.56 Å². The molecule has 0 atom stereocenters. The summed E-state index contributed by atoms with van der Waals surface area (Å²) in [6.07, 6.45) is 8.29. The number of nitrogens with zero attached hydrogens (tertiary/aromatic N) is 4. The lowest BCUT2D eigenvalue weighted by Crippen LogP contribution is -2.29. The normalized spacial score (nSPS) is 15.1. The van der Waals surface area contributed by atoms with Crippen molar-refractivity contribution in [1.29, 1.82) is 0 Å². The first-order valence-corrected chi connectivity index (χ1v) is 9.66. The van der Waals surface area contributed by atoms with E-state index in [4.69, 9.17) is 0 Å². The third-order valence-corrected chi connectivity index (χ3v) is 5.03. The number of aryl methyl sites for hydroxylation is 2. The molecule has 6 nitrogen and oxygen atoms in total. The fraction of sp³-hybridized carbons (Fsp3) is 0.381.